The first kappa shape index (κ1) is 12.2. The van der Waals surface area contributed by atoms with Crippen molar-refractivity contribution in [1.82, 2.24) is 5.32 Å². The van der Waals surface area contributed by atoms with Gasteiger partial charge in [-0.05, 0) is 36.8 Å². The molecular formula is C16H23NO. The molecule has 2 aliphatic carbocycles. The molecule has 0 saturated heterocycles. The normalized spacial score (nSPS) is 28.3. The van der Waals surface area contributed by atoms with E-state index < -0.39 is 5.60 Å². The van der Waals surface area contributed by atoms with Crippen molar-refractivity contribution in [3.05, 3.63) is 35.4 Å². The maximum Gasteiger partial charge on any atom is 0.0815 e. The quantitative estimate of drug-likeness (QED) is 0.857. The van der Waals surface area contributed by atoms with E-state index in [1.165, 1.54) is 36.8 Å². The predicted molar refractivity (Wildman–Crippen MR) is 73.7 cm³/mol. The molecule has 1 aromatic rings. The molecule has 2 nitrogen and oxygen atoms in total. The number of aryl methyl sites for hydroxylation is 1. The predicted octanol–water partition coefficient (Wildman–Crippen LogP) is 2.44. The summed E-state index contributed by atoms with van der Waals surface area (Å²) in [6, 6.07) is 9.18. The smallest absolute Gasteiger partial charge is 0.0815 e. The summed E-state index contributed by atoms with van der Waals surface area (Å²) in [5.41, 5.74) is 2.22. The van der Waals surface area contributed by atoms with Gasteiger partial charge in [-0.15, -0.1) is 0 Å². The number of fused-ring (bicyclic) bond motifs is 1. The fourth-order valence-electron chi connectivity index (χ4n) is 3.40. The van der Waals surface area contributed by atoms with E-state index in [9.17, 15) is 5.11 Å². The number of hydrogen-bond acceptors (Lipinski definition) is 2. The second-order valence-corrected chi connectivity index (χ2v) is 6.03. The van der Waals surface area contributed by atoms with E-state index in [1.807, 2.05) is 0 Å². The summed E-state index contributed by atoms with van der Waals surface area (Å²) in [4.78, 5) is 0. The molecule has 18 heavy (non-hydrogen) atoms. The minimum absolute atomic E-state index is 0.531. The first-order chi connectivity index (χ1) is 8.75. The van der Waals surface area contributed by atoms with Gasteiger partial charge in [0.1, 0.15) is 0 Å². The Morgan fingerprint density at radius 2 is 1.89 bits per heavy atom. The molecular weight excluding hydrogens is 222 g/mol. The maximum absolute atomic E-state index is 10.7. The summed E-state index contributed by atoms with van der Waals surface area (Å²) in [5, 5.41) is 14.3. The largest absolute Gasteiger partial charge is 0.388 e. The zero-order chi connectivity index (χ0) is 12.4. The van der Waals surface area contributed by atoms with Crippen molar-refractivity contribution in [3.8, 4) is 0 Å². The van der Waals surface area contributed by atoms with E-state index in [0.717, 1.165) is 25.8 Å². The molecule has 2 aliphatic rings. The highest BCUT2D eigenvalue weighted by Gasteiger charge is 2.32. The highest BCUT2D eigenvalue weighted by molar-refractivity contribution is 5.31. The third-order valence-electron chi connectivity index (χ3n) is 4.57. The van der Waals surface area contributed by atoms with Crippen LogP contribution in [0.15, 0.2) is 24.3 Å². The van der Waals surface area contributed by atoms with Crippen molar-refractivity contribution in [2.75, 3.05) is 6.54 Å². The highest BCUT2D eigenvalue weighted by atomic mass is 16.3. The second kappa shape index (κ2) is 5.02. The molecule has 2 heteroatoms. The maximum atomic E-state index is 10.7. The number of hydrogen-bond donors (Lipinski definition) is 2. The zero-order valence-electron chi connectivity index (χ0n) is 11.0. The van der Waals surface area contributed by atoms with Gasteiger partial charge < -0.3 is 10.4 Å². The van der Waals surface area contributed by atoms with E-state index in [-0.39, 0.29) is 0 Å². The van der Waals surface area contributed by atoms with E-state index in [2.05, 4.69) is 29.6 Å². The topological polar surface area (TPSA) is 32.3 Å². The second-order valence-electron chi connectivity index (χ2n) is 6.03. The molecule has 1 aromatic carbocycles. The molecule has 0 radical (unpaired) electrons. The Bertz CT molecular complexity index is 411. The molecule has 0 spiro atoms. The van der Waals surface area contributed by atoms with Crippen LogP contribution in [0.4, 0.5) is 0 Å². The molecule has 1 atom stereocenters. The monoisotopic (exact) mass is 245 g/mol. The molecule has 3 rings (SSSR count). The minimum atomic E-state index is -0.531. The van der Waals surface area contributed by atoms with Gasteiger partial charge in [0.25, 0.3) is 0 Å². The lowest BCUT2D eigenvalue weighted by atomic mass is 9.80. The van der Waals surface area contributed by atoms with Crippen molar-refractivity contribution in [1.29, 1.82) is 0 Å². The van der Waals surface area contributed by atoms with Crippen LogP contribution >= 0.6 is 0 Å². The number of rotatable bonds is 3. The van der Waals surface area contributed by atoms with Crippen LogP contribution in [0.3, 0.4) is 0 Å². The number of nitrogens with one attached hydrogen (secondary N) is 1. The summed E-state index contributed by atoms with van der Waals surface area (Å²) in [7, 11) is 0. The van der Waals surface area contributed by atoms with Crippen molar-refractivity contribution in [2.24, 2.45) is 0 Å². The third kappa shape index (κ3) is 2.60. The van der Waals surface area contributed by atoms with Gasteiger partial charge in [0.2, 0.25) is 0 Å². The van der Waals surface area contributed by atoms with Crippen molar-refractivity contribution in [2.45, 2.75) is 56.6 Å². The Kier molecular flexibility index (Phi) is 3.40. The lowest BCUT2D eigenvalue weighted by Crippen LogP contribution is -2.47. The van der Waals surface area contributed by atoms with E-state index in [4.69, 9.17) is 0 Å². The summed E-state index contributed by atoms with van der Waals surface area (Å²) in [6.45, 7) is 0.756. The summed E-state index contributed by atoms with van der Waals surface area (Å²) in [5.74, 6) is 0. The average Bonchev–Trinajstić information content (AvgIpc) is 2.90. The zero-order valence-corrected chi connectivity index (χ0v) is 11.0. The lowest BCUT2D eigenvalue weighted by molar-refractivity contribution is 0.0243. The fraction of sp³-hybridized carbons (Fsp3) is 0.625. The Labute approximate surface area is 109 Å². The lowest BCUT2D eigenvalue weighted by Gasteiger charge is -2.34. The van der Waals surface area contributed by atoms with Crippen molar-refractivity contribution in [3.63, 3.8) is 0 Å². The van der Waals surface area contributed by atoms with Gasteiger partial charge in [-0.2, -0.15) is 0 Å². The van der Waals surface area contributed by atoms with Gasteiger partial charge in [0, 0.05) is 19.0 Å². The van der Waals surface area contributed by atoms with Gasteiger partial charge in [0.05, 0.1) is 5.60 Å². The molecule has 0 aromatic heterocycles. The van der Waals surface area contributed by atoms with Gasteiger partial charge >= 0.3 is 0 Å². The molecule has 98 valence electrons. The fourth-order valence-corrected chi connectivity index (χ4v) is 3.40. The molecule has 2 N–H and O–H groups in total. The van der Waals surface area contributed by atoms with Gasteiger partial charge in [0.15, 0.2) is 0 Å². The van der Waals surface area contributed by atoms with Crippen LogP contribution in [-0.4, -0.2) is 23.3 Å². The molecule has 0 aliphatic heterocycles. The first-order valence-corrected chi connectivity index (χ1v) is 7.28. The van der Waals surface area contributed by atoms with Crippen LogP contribution < -0.4 is 5.32 Å². The Hall–Kier alpha value is -0.860. The van der Waals surface area contributed by atoms with Gasteiger partial charge in [-0.3, -0.25) is 0 Å². The van der Waals surface area contributed by atoms with E-state index in [1.54, 1.807) is 0 Å². The molecule has 0 heterocycles. The van der Waals surface area contributed by atoms with Gasteiger partial charge in [-0.25, -0.2) is 0 Å². The van der Waals surface area contributed by atoms with Crippen LogP contribution in [0, 0.1) is 0 Å². The standard InChI is InChI=1S/C16H23NO/c18-16(12-17-15-7-3-4-8-15)10-9-13-5-1-2-6-14(13)11-16/h1-2,5-6,15,17-18H,3-4,7-12H2. The minimum Gasteiger partial charge on any atom is -0.388 e. The number of benzene rings is 1. The molecule has 0 bridgehead atoms. The third-order valence-corrected chi connectivity index (χ3v) is 4.57. The SMILES string of the molecule is OC1(CNC2CCCC2)CCc2ccccc2C1. The number of aliphatic hydroxyl groups is 1. The van der Waals surface area contributed by atoms with Crippen LogP contribution in [0.1, 0.15) is 43.2 Å². The summed E-state index contributed by atoms with van der Waals surface area (Å²) < 4.78 is 0. The molecule has 1 saturated carbocycles. The van der Waals surface area contributed by atoms with E-state index in [0.29, 0.717) is 6.04 Å². The van der Waals surface area contributed by atoms with Crippen LogP contribution in [0.5, 0.6) is 0 Å². The van der Waals surface area contributed by atoms with Crippen LogP contribution in [0.25, 0.3) is 0 Å². The van der Waals surface area contributed by atoms with Crippen LogP contribution in [0.2, 0.25) is 0 Å². The Balaban J connectivity index is 1.62. The first-order valence-electron chi connectivity index (χ1n) is 7.28. The highest BCUT2D eigenvalue weighted by Crippen LogP contribution is 2.29. The molecule has 0 amide bonds. The summed E-state index contributed by atoms with van der Waals surface area (Å²) in [6.07, 6.45) is 7.98. The van der Waals surface area contributed by atoms with Crippen molar-refractivity contribution < 1.29 is 5.11 Å². The molecule has 1 unspecified atom stereocenters. The summed E-state index contributed by atoms with van der Waals surface area (Å²) >= 11 is 0. The average molecular weight is 245 g/mol. The van der Waals surface area contributed by atoms with Crippen LogP contribution in [-0.2, 0) is 12.8 Å². The molecule has 1 fully saturated rings. The van der Waals surface area contributed by atoms with Crippen molar-refractivity contribution >= 4 is 0 Å². The van der Waals surface area contributed by atoms with Gasteiger partial charge in [-0.1, -0.05) is 37.1 Å². The Morgan fingerprint density at radius 3 is 2.67 bits per heavy atom. The Morgan fingerprint density at radius 1 is 1.17 bits per heavy atom. The van der Waals surface area contributed by atoms with E-state index >= 15 is 0 Å².